The van der Waals surface area contributed by atoms with Crippen molar-refractivity contribution >= 4 is 16.7 Å². The average Bonchev–Trinajstić information content (AvgIpc) is 2.41. The number of Topliss-reactive ketones (excluding diaryl/α,β-unsaturated/α-hetero) is 1. The van der Waals surface area contributed by atoms with Crippen LogP contribution in [0.15, 0.2) is 30.4 Å². The maximum absolute atomic E-state index is 11.4. The SMILES string of the molecule is [2H]c1c(C(C)=O)c2ccccc2n1C. The predicted molar refractivity (Wildman–Crippen MR) is 52.9 cm³/mol. The molecule has 2 aromatic rings. The molecule has 13 heavy (non-hydrogen) atoms. The lowest BCUT2D eigenvalue weighted by Gasteiger charge is -1.93. The van der Waals surface area contributed by atoms with Crippen LogP contribution in [0.25, 0.3) is 10.9 Å². The first-order valence-corrected chi connectivity index (χ1v) is 4.18. The normalized spacial score (nSPS) is 11.7. The Morgan fingerprint density at radius 3 is 2.85 bits per heavy atom. The van der Waals surface area contributed by atoms with E-state index in [4.69, 9.17) is 1.37 Å². The first-order valence-electron chi connectivity index (χ1n) is 4.68. The van der Waals surface area contributed by atoms with Crippen molar-refractivity contribution < 1.29 is 6.17 Å². The fourth-order valence-corrected chi connectivity index (χ4v) is 1.53. The second-order valence-corrected chi connectivity index (χ2v) is 3.12. The highest BCUT2D eigenvalue weighted by atomic mass is 16.1. The van der Waals surface area contributed by atoms with E-state index in [9.17, 15) is 4.79 Å². The fraction of sp³-hybridized carbons (Fsp3) is 0.182. The van der Waals surface area contributed by atoms with Crippen molar-refractivity contribution in [1.29, 1.82) is 0 Å². The number of para-hydroxylation sites is 1. The van der Waals surface area contributed by atoms with Crippen LogP contribution in [0.3, 0.4) is 0 Å². The minimum absolute atomic E-state index is 0.0493. The van der Waals surface area contributed by atoms with Crippen LogP contribution in [0.5, 0.6) is 0 Å². The number of carbonyl (C=O) groups excluding carboxylic acids is 1. The molecule has 0 unspecified atom stereocenters. The van der Waals surface area contributed by atoms with E-state index in [0.29, 0.717) is 11.7 Å². The van der Waals surface area contributed by atoms with Gasteiger partial charge in [-0.1, -0.05) is 18.2 Å². The Morgan fingerprint density at radius 1 is 1.46 bits per heavy atom. The molecule has 0 aliphatic carbocycles. The minimum atomic E-state index is -0.0493. The first kappa shape index (κ1) is 6.89. The van der Waals surface area contributed by atoms with E-state index < -0.39 is 0 Å². The second kappa shape index (κ2) is 2.73. The molecule has 0 bridgehead atoms. The van der Waals surface area contributed by atoms with E-state index in [0.717, 1.165) is 10.9 Å². The molecule has 0 radical (unpaired) electrons. The van der Waals surface area contributed by atoms with Crippen LogP contribution in [0, 0.1) is 0 Å². The standard InChI is InChI=1S/C11H11NO/c1-8(13)10-7-12(2)11-6-4-3-5-9(10)11/h3-7H,1-2H3/i7D. The highest BCUT2D eigenvalue weighted by molar-refractivity contribution is 6.06. The monoisotopic (exact) mass is 174 g/mol. The predicted octanol–water partition coefficient (Wildman–Crippen LogP) is 2.38. The zero-order valence-electron chi connectivity index (χ0n) is 8.66. The smallest absolute Gasteiger partial charge is 0.161 e. The van der Waals surface area contributed by atoms with Gasteiger partial charge in [-0.3, -0.25) is 4.79 Å². The summed E-state index contributed by atoms with van der Waals surface area (Å²) >= 11 is 0. The summed E-state index contributed by atoms with van der Waals surface area (Å²) in [5, 5.41) is 0.868. The molecular weight excluding hydrogens is 162 g/mol. The third kappa shape index (κ3) is 1.15. The van der Waals surface area contributed by atoms with Crippen molar-refractivity contribution in [2.24, 2.45) is 7.05 Å². The van der Waals surface area contributed by atoms with Crippen molar-refractivity contribution in [3.63, 3.8) is 0 Å². The summed E-state index contributed by atoms with van der Waals surface area (Å²) in [5.74, 6) is -0.0493. The number of rotatable bonds is 1. The molecule has 0 atom stereocenters. The van der Waals surface area contributed by atoms with Crippen LogP contribution in [0.2, 0.25) is 0 Å². The number of hydrogen-bond acceptors (Lipinski definition) is 1. The van der Waals surface area contributed by atoms with Gasteiger partial charge in [-0.05, 0) is 13.0 Å². The molecule has 0 saturated heterocycles. The molecule has 2 nitrogen and oxygen atoms in total. The topological polar surface area (TPSA) is 22.0 Å². The maximum atomic E-state index is 11.4. The van der Waals surface area contributed by atoms with Crippen LogP contribution in [-0.4, -0.2) is 10.4 Å². The van der Waals surface area contributed by atoms with Gasteiger partial charge in [0.2, 0.25) is 0 Å². The molecule has 1 aromatic carbocycles. The van der Waals surface area contributed by atoms with Crippen molar-refractivity contribution in [3.8, 4) is 0 Å². The zero-order chi connectivity index (χ0) is 10.3. The molecule has 2 heteroatoms. The first-order chi connectivity index (χ1) is 6.63. The highest BCUT2D eigenvalue weighted by Gasteiger charge is 2.08. The van der Waals surface area contributed by atoms with E-state index >= 15 is 0 Å². The summed E-state index contributed by atoms with van der Waals surface area (Å²) in [4.78, 5) is 11.4. The summed E-state index contributed by atoms with van der Waals surface area (Å²) in [6.07, 6.45) is 0.290. The third-order valence-electron chi connectivity index (χ3n) is 2.17. The summed E-state index contributed by atoms with van der Waals surface area (Å²) in [6.45, 7) is 1.50. The Hall–Kier alpha value is -1.57. The number of aryl methyl sites for hydroxylation is 1. The molecule has 0 aliphatic heterocycles. The number of fused-ring (bicyclic) bond motifs is 1. The Balaban J connectivity index is 2.95. The van der Waals surface area contributed by atoms with Gasteiger partial charge in [0, 0.05) is 29.7 Å². The molecule has 1 aromatic heterocycles. The Morgan fingerprint density at radius 2 is 2.15 bits per heavy atom. The number of benzene rings is 1. The largest absolute Gasteiger partial charge is 0.350 e. The van der Waals surface area contributed by atoms with Gasteiger partial charge >= 0.3 is 0 Å². The molecule has 0 spiro atoms. The lowest BCUT2D eigenvalue weighted by molar-refractivity contribution is 0.101. The van der Waals surface area contributed by atoms with E-state index in [2.05, 4.69) is 0 Å². The Labute approximate surface area is 78.2 Å². The van der Waals surface area contributed by atoms with Gasteiger partial charge in [0.25, 0.3) is 0 Å². The van der Waals surface area contributed by atoms with Crippen molar-refractivity contribution in [2.75, 3.05) is 0 Å². The van der Waals surface area contributed by atoms with Crippen LogP contribution in [0.1, 0.15) is 18.7 Å². The number of ketones is 1. The van der Waals surface area contributed by atoms with E-state index in [1.165, 1.54) is 6.92 Å². The van der Waals surface area contributed by atoms with Crippen molar-refractivity contribution in [3.05, 3.63) is 36.0 Å². The number of nitrogens with zero attached hydrogens (tertiary/aromatic N) is 1. The second-order valence-electron chi connectivity index (χ2n) is 3.12. The number of hydrogen-bond donors (Lipinski definition) is 0. The Kier molecular flexibility index (Phi) is 1.45. The van der Waals surface area contributed by atoms with Gasteiger partial charge in [0.05, 0.1) is 1.37 Å². The summed E-state index contributed by atoms with van der Waals surface area (Å²) in [5.41, 5.74) is 1.45. The number of aromatic nitrogens is 1. The summed E-state index contributed by atoms with van der Waals surface area (Å²) in [7, 11) is 1.80. The summed E-state index contributed by atoms with van der Waals surface area (Å²) < 4.78 is 9.52. The quantitative estimate of drug-likeness (QED) is 0.608. The van der Waals surface area contributed by atoms with Crippen molar-refractivity contribution in [1.82, 2.24) is 4.57 Å². The fourth-order valence-electron chi connectivity index (χ4n) is 1.53. The molecular formula is C11H11NO. The summed E-state index contributed by atoms with van der Waals surface area (Å²) in [6, 6.07) is 7.59. The van der Waals surface area contributed by atoms with Crippen LogP contribution >= 0.6 is 0 Å². The van der Waals surface area contributed by atoms with Crippen LogP contribution < -0.4 is 0 Å². The average molecular weight is 174 g/mol. The lowest BCUT2D eigenvalue weighted by atomic mass is 10.1. The zero-order valence-corrected chi connectivity index (χ0v) is 7.66. The lowest BCUT2D eigenvalue weighted by Crippen LogP contribution is -1.88. The molecule has 0 fully saturated rings. The Bertz CT molecular complexity index is 513. The number of carbonyl (C=O) groups is 1. The van der Waals surface area contributed by atoms with Crippen LogP contribution in [-0.2, 0) is 7.05 Å². The van der Waals surface area contributed by atoms with E-state index in [1.807, 2.05) is 24.3 Å². The van der Waals surface area contributed by atoms with Gasteiger partial charge < -0.3 is 4.57 Å². The van der Waals surface area contributed by atoms with Gasteiger partial charge in [-0.2, -0.15) is 0 Å². The third-order valence-corrected chi connectivity index (χ3v) is 2.17. The molecule has 0 saturated carbocycles. The highest BCUT2D eigenvalue weighted by Crippen LogP contribution is 2.20. The molecule has 2 rings (SSSR count). The van der Waals surface area contributed by atoms with E-state index in [-0.39, 0.29) is 5.78 Å². The van der Waals surface area contributed by atoms with Gasteiger partial charge in [0.15, 0.2) is 5.78 Å². The molecule has 0 aliphatic rings. The van der Waals surface area contributed by atoms with Gasteiger partial charge in [-0.15, -0.1) is 0 Å². The molecule has 1 heterocycles. The van der Waals surface area contributed by atoms with Gasteiger partial charge in [-0.25, -0.2) is 0 Å². The molecule has 0 N–H and O–H groups in total. The van der Waals surface area contributed by atoms with Gasteiger partial charge in [0.1, 0.15) is 0 Å². The van der Waals surface area contributed by atoms with Crippen LogP contribution in [0.4, 0.5) is 0 Å². The van der Waals surface area contributed by atoms with E-state index in [1.54, 1.807) is 11.6 Å². The molecule has 66 valence electrons. The van der Waals surface area contributed by atoms with Crippen molar-refractivity contribution in [2.45, 2.75) is 6.92 Å². The minimum Gasteiger partial charge on any atom is -0.350 e. The molecule has 0 amide bonds. The maximum Gasteiger partial charge on any atom is 0.161 e.